The normalized spacial score (nSPS) is 15.0. The van der Waals surface area contributed by atoms with Crippen LogP contribution in [-0.2, 0) is 11.2 Å². The third-order valence-electron chi connectivity index (χ3n) is 5.26. The summed E-state index contributed by atoms with van der Waals surface area (Å²) in [6.45, 7) is 7.38. The Morgan fingerprint density at radius 1 is 1.27 bits per heavy atom. The van der Waals surface area contributed by atoms with Gasteiger partial charge in [-0.25, -0.2) is 4.79 Å². The minimum Gasteiger partial charge on any atom is -0.450 e. The number of likely N-dealkylation sites (tertiary alicyclic amines) is 1. The summed E-state index contributed by atoms with van der Waals surface area (Å²) in [5.74, 6) is 0.862. The Balaban J connectivity index is 0.00000320. The fourth-order valence-corrected chi connectivity index (χ4v) is 3.73. The van der Waals surface area contributed by atoms with E-state index in [2.05, 4.69) is 53.0 Å². The highest BCUT2D eigenvalue weighted by Crippen LogP contribution is 2.19. The number of rotatable bonds is 7. The summed E-state index contributed by atoms with van der Waals surface area (Å²) in [4.78, 5) is 21.7. The number of aromatic nitrogens is 1. The number of H-pyrrole nitrogens is 1. The molecule has 1 aromatic heterocycles. The molecular weight excluding hydrogens is 493 g/mol. The molecule has 7 nitrogen and oxygen atoms in total. The summed E-state index contributed by atoms with van der Waals surface area (Å²) in [6.07, 6.45) is 5.71. The van der Waals surface area contributed by atoms with E-state index in [-0.39, 0.29) is 30.1 Å². The minimum absolute atomic E-state index is 0. The van der Waals surface area contributed by atoms with Gasteiger partial charge in [-0.15, -0.1) is 24.0 Å². The fraction of sp³-hybridized carbons (Fsp3) is 0.545. The number of carbonyl (C=O) groups excluding carboxylic acids is 1. The zero-order valence-electron chi connectivity index (χ0n) is 17.9. The number of ether oxygens (including phenoxy) is 1. The molecule has 30 heavy (non-hydrogen) atoms. The van der Waals surface area contributed by atoms with E-state index in [1.165, 1.54) is 16.5 Å². The van der Waals surface area contributed by atoms with Crippen molar-refractivity contribution in [3.8, 4) is 0 Å². The molecule has 8 heteroatoms. The molecule has 1 aliphatic rings. The smallest absolute Gasteiger partial charge is 0.409 e. The molecule has 1 saturated heterocycles. The van der Waals surface area contributed by atoms with Gasteiger partial charge < -0.3 is 25.3 Å². The molecule has 0 spiro atoms. The van der Waals surface area contributed by atoms with Crippen LogP contribution in [0, 0.1) is 0 Å². The maximum Gasteiger partial charge on any atom is 0.409 e. The van der Waals surface area contributed by atoms with Crippen molar-refractivity contribution in [2.24, 2.45) is 4.99 Å². The third-order valence-corrected chi connectivity index (χ3v) is 5.26. The molecule has 1 fully saturated rings. The lowest BCUT2D eigenvalue weighted by Gasteiger charge is -2.32. The van der Waals surface area contributed by atoms with E-state index in [0.29, 0.717) is 12.6 Å². The fourth-order valence-electron chi connectivity index (χ4n) is 3.73. The number of halogens is 1. The van der Waals surface area contributed by atoms with Crippen LogP contribution in [0.15, 0.2) is 35.5 Å². The van der Waals surface area contributed by atoms with E-state index >= 15 is 0 Å². The number of guanidine groups is 1. The van der Waals surface area contributed by atoms with Crippen LogP contribution in [0.3, 0.4) is 0 Å². The number of aryl methyl sites for hydroxylation is 1. The van der Waals surface area contributed by atoms with E-state index in [9.17, 15) is 4.79 Å². The molecule has 2 aromatic rings. The molecule has 0 atom stereocenters. The number of hydrogen-bond donors (Lipinski definition) is 3. The predicted octanol–water partition coefficient (Wildman–Crippen LogP) is 3.89. The molecule has 1 aromatic carbocycles. The highest BCUT2D eigenvalue weighted by Gasteiger charge is 2.23. The summed E-state index contributed by atoms with van der Waals surface area (Å²) in [5.41, 5.74) is 2.54. The molecule has 0 saturated carbocycles. The molecule has 166 valence electrons. The molecule has 0 aliphatic carbocycles. The highest BCUT2D eigenvalue weighted by atomic mass is 127. The van der Waals surface area contributed by atoms with Crippen LogP contribution >= 0.6 is 24.0 Å². The largest absolute Gasteiger partial charge is 0.450 e. The summed E-state index contributed by atoms with van der Waals surface area (Å²) in [5, 5.41) is 8.16. The number of nitrogens with zero attached hydrogens (tertiary/aromatic N) is 2. The van der Waals surface area contributed by atoms with Crippen molar-refractivity contribution < 1.29 is 9.53 Å². The number of aliphatic imine (C=N–C) groups is 1. The van der Waals surface area contributed by atoms with Crippen molar-refractivity contribution in [3.05, 3.63) is 36.0 Å². The van der Waals surface area contributed by atoms with Gasteiger partial charge in [-0.2, -0.15) is 0 Å². The number of piperidine rings is 1. The first kappa shape index (κ1) is 24.3. The number of para-hydroxylation sites is 1. The number of amides is 1. The highest BCUT2D eigenvalue weighted by molar-refractivity contribution is 14.0. The first-order chi connectivity index (χ1) is 14.2. The Labute approximate surface area is 196 Å². The molecule has 0 radical (unpaired) electrons. The van der Waals surface area contributed by atoms with E-state index in [4.69, 9.17) is 9.73 Å². The van der Waals surface area contributed by atoms with Gasteiger partial charge in [-0.05, 0) is 51.2 Å². The van der Waals surface area contributed by atoms with Gasteiger partial charge in [0.15, 0.2) is 5.96 Å². The first-order valence-electron chi connectivity index (χ1n) is 10.7. The molecular formula is C22H34IN5O2. The van der Waals surface area contributed by atoms with Crippen molar-refractivity contribution in [2.45, 2.75) is 45.6 Å². The monoisotopic (exact) mass is 527 g/mol. The zero-order chi connectivity index (χ0) is 20.5. The Hall–Kier alpha value is -1.97. The third kappa shape index (κ3) is 6.78. The van der Waals surface area contributed by atoms with Crippen LogP contribution < -0.4 is 10.6 Å². The molecule has 2 heterocycles. The topological polar surface area (TPSA) is 81.8 Å². The SMILES string of the molecule is CCNC(=NCCCc1c[nH]c2ccccc12)NC1CCN(C(=O)OCC)CC1.I. The maximum absolute atomic E-state index is 11.8. The van der Waals surface area contributed by atoms with Crippen molar-refractivity contribution in [3.63, 3.8) is 0 Å². The van der Waals surface area contributed by atoms with Crippen LogP contribution in [-0.4, -0.2) is 60.8 Å². The molecule has 0 unspecified atom stereocenters. The standard InChI is InChI=1S/C22H33N5O2.HI/c1-3-23-21(26-18-11-14-27(15-12-18)22(28)29-4-2)24-13-7-8-17-16-25-20-10-6-5-9-19(17)20;/h5-6,9-10,16,18,25H,3-4,7-8,11-15H2,1-2H3,(H2,23,24,26);1H. The number of benzene rings is 1. The predicted molar refractivity (Wildman–Crippen MR) is 133 cm³/mol. The number of nitrogens with one attached hydrogen (secondary N) is 3. The Kier molecular flexibility index (Phi) is 10.3. The number of hydrogen-bond acceptors (Lipinski definition) is 3. The van der Waals surface area contributed by atoms with Crippen LogP contribution in [0.2, 0.25) is 0 Å². The van der Waals surface area contributed by atoms with Gasteiger partial charge in [0.05, 0.1) is 6.61 Å². The molecule has 3 rings (SSSR count). The van der Waals surface area contributed by atoms with Gasteiger partial charge in [0.25, 0.3) is 0 Å². The van der Waals surface area contributed by atoms with Crippen LogP contribution in [0.25, 0.3) is 10.9 Å². The summed E-state index contributed by atoms with van der Waals surface area (Å²) in [6, 6.07) is 8.74. The second kappa shape index (κ2) is 12.7. The van der Waals surface area contributed by atoms with E-state index < -0.39 is 0 Å². The molecule has 3 N–H and O–H groups in total. The van der Waals surface area contributed by atoms with Gasteiger partial charge in [0.2, 0.25) is 0 Å². The average Bonchev–Trinajstić information content (AvgIpc) is 3.15. The van der Waals surface area contributed by atoms with Crippen molar-refractivity contribution in [1.29, 1.82) is 0 Å². The van der Waals surface area contributed by atoms with Gasteiger partial charge in [-0.3, -0.25) is 4.99 Å². The Morgan fingerprint density at radius 2 is 2.03 bits per heavy atom. The van der Waals surface area contributed by atoms with Crippen LogP contribution in [0.1, 0.15) is 38.7 Å². The second-order valence-electron chi connectivity index (χ2n) is 7.33. The number of carbonyl (C=O) groups is 1. The lowest BCUT2D eigenvalue weighted by Crippen LogP contribution is -2.49. The van der Waals surface area contributed by atoms with Crippen LogP contribution in [0.5, 0.6) is 0 Å². The molecule has 0 bridgehead atoms. The maximum atomic E-state index is 11.8. The quantitative estimate of drug-likeness (QED) is 0.221. The van der Waals surface area contributed by atoms with Crippen molar-refractivity contribution in [2.75, 3.05) is 32.8 Å². The van der Waals surface area contributed by atoms with Gasteiger partial charge >= 0.3 is 6.09 Å². The van der Waals surface area contributed by atoms with Crippen molar-refractivity contribution >= 4 is 46.9 Å². The van der Waals surface area contributed by atoms with E-state index in [1.54, 1.807) is 4.90 Å². The summed E-state index contributed by atoms with van der Waals surface area (Å²) < 4.78 is 5.09. The minimum atomic E-state index is -0.205. The Morgan fingerprint density at radius 3 is 2.77 bits per heavy atom. The number of fused-ring (bicyclic) bond motifs is 1. The van der Waals surface area contributed by atoms with Gasteiger partial charge in [-0.1, -0.05) is 18.2 Å². The molecule has 1 amide bonds. The Bertz CT molecular complexity index is 815. The lowest BCUT2D eigenvalue weighted by atomic mass is 10.1. The lowest BCUT2D eigenvalue weighted by molar-refractivity contribution is 0.0963. The summed E-state index contributed by atoms with van der Waals surface area (Å²) >= 11 is 0. The van der Waals surface area contributed by atoms with Crippen molar-refractivity contribution in [1.82, 2.24) is 20.5 Å². The zero-order valence-corrected chi connectivity index (χ0v) is 20.3. The van der Waals surface area contributed by atoms with E-state index in [1.807, 2.05) is 6.92 Å². The van der Waals surface area contributed by atoms with E-state index in [0.717, 1.165) is 57.8 Å². The van der Waals surface area contributed by atoms with Crippen LogP contribution in [0.4, 0.5) is 4.79 Å². The molecule has 1 aliphatic heterocycles. The first-order valence-corrected chi connectivity index (χ1v) is 10.7. The average molecular weight is 527 g/mol. The second-order valence-corrected chi connectivity index (χ2v) is 7.33. The summed E-state index contributed by atoms with van der Waals surface area (Å²) in [7, 11) is 0. The number of aromatic amines is 1. The van der Waals surface area contributed by atoms with Gasteiger partial charge in [0, 0.05) is 49.3 Å². The van der Waals surface area contributed by atoms with Gasteiger partial charge in [0.1, 0.15) is 0 Å².